The van der Waals surface area contributed by atoms with Gasteiger partial charge in [-0.05, 0) is 31.2 Å². The summed E-state index contributed by atoms with van der Waals surface area (Å²) in [6.45, 7) is 1.88. The fourth-order valence-electron chi connectivity index (χ4n) is 2.65. The van der Waals surface area contributed by atoms with Crippen molar-refractivity contribution in [1.29, 1.82) is 0 Å². The van der Waals surface area contributed by atoms with Crippen molar-refractivity contribution in [3.63, 3.8) is 0 Å². The molecule has 3 heterocycles. The Bertz CT molecular complexity index is 1060. The first-order chi connectivity index (χ1) is 13.1. The van der Waals surface area contributed by atoms with Crippen molar-refractivity contribution in [3.05, 3.63) is 65.6 Å². The van der Waals surface area contributed by atoms with Gasteiger partial charge in [0.25, 0.3) is 0 Å². The third kappa shape index (κ3) is 3.54. The molecule has 0 amide bonds. The Morgan fingerprint density at radius 2 is 1.89 bits per heavy atom. The van der Waals surface area contributed by atoms with Crippen molar-refractivity contribution < 1.29 is 9.26 Å². The summed E-state index contributed by atoms with van der Waals surface area (Å²) in [4.78, 5) is 4.01. The Morgan fingerprint density at radius 1 is 1.07 bits per heavy atom. The van der Waals surface area contributed by atoms with E-state index in [0.717, 1.165) is 11.1 Å². The van der Waals surface area contributed by atoms with Crippen LogP contribution in [0.25, 0.3) is 22.7 Å². The number of rotatable bonds is 5. The van der Waals surface area contributed by atoms with E-state index in [1.807, 2.05) is 56.4 Å². The Balaban J connectivity index is 1.53. The molecule has 1 aromatic carbocycles. The minimum atomic E-state index is -0.366. The molecule has 0 bridgehead atoms. The molecular weight excluding hydrogens is 366 g/mol. The van der Waals surface area contributed by atoms with E-state index in [4.69, 9.17) is 20.9 Å². The highest BCUT2D eigenvalue weighted by Crippen LogP contribution is 2.28. The molecule has 136 valence electrons. The highest BCUT2D eigenvalue weighted by atomic mass is 35.5. The maximum atomic E-state index is 6.03. The third-order valence-corrected chi connectivity index (χ3v) is 4.34. The van der Waals surface area contributed by atoms with Gasteiger partial charge >= 0.3 is 6.01 Å². The van der Waals surface area contributed by atoms with Gasteiger partial charge in [-0.15, -0.1) is 5.10 Å². The molecule has 27 heavy (non-hydrogen) atoms. The summed E-state index contributed by atoms with van der Waals surface area (Å²) in [6, 6.07) is 13.4. The monoisotopic (exact) mass is 381 g/mol. The number of hydrogen-bond donors (Lipinski definition) is 0. The van der Waals surface area contributed by atoms with Crippen LogP contribution in [0.1, 0.15) is 18.7 Å². The van der Waals surface area contributed by atoms with Crippen LogP contribution in [0.5, 0.6) is 6.01 Å². The molecule has 0 aliphatic rings. The van der Waals surface area contributed by atoms with Gasteiger partial charge < -0.3 is 9.26 Å². The quantitative estimate of drug-likeness (QED) is 0.512. The summed E-state index contributed by atoms with van der Waals surface area (Å²) in [6.07, 6.45) is 3.05. The molecular formula is C19H16ClN5O2. The molecule has 4 aromatic rings. The topological polar surface area (TPSA) is 78.9 Å². The van der Waals surface area contributed by atoms with E-state index in [1.165, 1.54) is 0 Å². The molecule has 0 radical (unpaired) electrons. The summed E-state index contributed by atoms with van der Waals surface area (Å²) in [5, 5.41) is 13.1. The van der Waals surface area contributed by atoms with Crippen molar-refractivity contribution in [2.75, 3.05) is 0 Å². The second kappa shape index (κ2) is 7.20. The van der Waals surface area contributed by atoms with Gasteiger partial charge in [-0.2, -0.15) is 0 Å². The van der Waals surface area contributed by atoms with Crippen molar-refractivity contribution in [2.45, 2.75) is 13.0 Å². The first-order valence-electron chi connectivity index (χ1n) is 8.31. The molecule has 0 aliphatic carbocycles. The van der Waals surface area contributed by atoms with E-state index in [1.54, 1.807) is 17.0 Å². The van der Waals surface area contributed by atoms with Crippen LogP contribution in [0, 0.1) is 0 Å². The molecule has 0 N–H and O–H groups in total. The predicted molar refractivity (Wildman–Crippen MR) is 100 cm³/mol. The van der Waals surface area contributed by atoms with Crippen LogP contribution < -0.4 is 4.74 Å². The zero-order chi connectivity index (χ0) is 18.8. The maximum absolute atomic E-state index is 6.03. The van der Waals surface area contributed by atoms with Gasteiger partial charge in [-0.3, -0.25) is 9.55 Å². The molecule has 0 saturated carbocycles. The highest BCUT2D eigenvalue weighted by molar-refractivity contribution is 6.30. The van der Waals surface area contributed by atoms with Crippen LogP contribution in [0.2, 0.25) is 5.02 Å². The van der Waals surface area contributed by atoms with Gasteiger partial charge in [0.2, 0.25) is 0 Å². The molecule has 1 atom stereocenters. The van der Waals surface area contributed by atoms with Gasteiger partial charge in [0.05, 0.1) is 0 Å². The van der Waals surface area contributed by atoms with Gasteiger partial charge in [0, 0.05) is 41.7 Å². The average molecular weight is 382 g/mol. The second-order valence-corrected chi connectivity index (χ2v) is 6.42. The molecule has 4 rings (SSSR count). The fraction of sp³-hybridized carbons (Fsp3) is 0.158. The van der Waals surface area contributed by atoms with E-state index in [2.05, 4.69) is 20.3 Å². The minimum Gasteiger partial charge on any atom is -0.454 e. The molecule has 7 nitrogen and oxygen atoms in total. The first kappa shape index (κ1) is 17.2. The van der Waals surface area contributed by atoms with Gasteiger partial charge in [0.15, 0.2) is 11.6 Å². The predicted octanol–water partition coefficient (Wildman–Crippen LogP) is 4.33. The highest BCUT2D eigenvalue weighted by Gasteiger charge is 2.19. The Morgan fingerprint density at radius 3 is 2.67 bits per heavy atom. The summed E-state index contributed by atoms with van der Waals surface area (Å²) >= 11 is 6.03. The van der Waals surface area contributed by atoms with E-state index < -0.39 is 0 Å². The SMILES string of the molecule is CC(Oc1nnc(-c2ccncc2)n1C)c1cc(-c2cccc(Cl)c2)on1. The Kier molecular flexibility index (Phi) is 4.60. The molecule has 1 unspecified atom stereocenters. The third-order valence-electron chi connectivity index (χ3n) is 4.11. The largest absolute Gasteiger partial charge is 0.454 e. The lowest BCUT2D eigenvalue weighted by Crippen LogP contribution is -2.07. The number of halogens is 1. The van der Waals surface area contributed by atoms with Gasteiger partial charge in [0.1, 0.15) is 11.8 Å². The van der Waals surface area contributed by atoms with E-state index in [9.17, 15) is 0 Å². The molecule has 0 spiro atoms. The smallest absolute Gasteiger partial charge is 0.317 e. The first-order valence-corrected chi connectivity index (χ1v) is 8.68. The molecule has 0 aliphatic heterocycles. The van der Waals surface area contributed by atoms with Crippen LogP contribution in [-0.2, 0) is 7.05 Å². The van der Waals surface area contributed by atoms with Crippen molar-refractivity contribution in [2.24, 2.45) is 7.05 Å². The summed E-state index contributed by atoms with van der Waals surface area (Å²) in [5.74, 6) is 1.32. The fourth-order valence-corrected chi connectivity index (χ4v) is 2.84. The molecule has 0 fully saturated rings. The summed E-state index contributed by atoms with van der Waals surface area (Å²) in [7, 11) is 1.85. The van der Waals surface area contributed by atoms with Crippen LogP contribution in [0.3, 0.4) is 0 Å². The number of hydrogen-bond acceptors (Lipinski definition) is 6. The lowest BCUT2D eigenvalue weighted by molar-refractivity contribution is 0.190. The zero-order valence-corrected chi connectivity index (χ0v) is 15.5. The second-order valence-electron chi connectivity index (χ2n) is 5.99. The van der Waals surface area contributed by atoms with Crippen LogP contribution in [-0.4, -0.2) is 24.9 Å². The number of aromatic nitrogens is 5. The van der Waals surface area contributed by atoms with Gasteiger partial charge in [-0.25, -0.2) is 0 Å². The summed E-state index contributed by atoms with van der Waals surface area (Å²) < 4.78 is 13.1. The van der Waals surface area contributed by atoms with Crippen molar-refractivity contribution in [3.8, 4) is 28.7 Å². The molecule has 3 aromatic heterocycles. The zero-order valence-electron chi connectivity index (χ0n) is 14.7. The lowest BCUT2D eigenvalue weighted by Gasteiger charge is -2.10. The van der Waals surface area contributed by atoms with Crippen LogP contribution >= 0.6 is 11.6 Å². The number of nitrogens with zero attached hydrogens (tertiary/aromatic N) is 5. The average Bonchev–Trinajstić information content (AvgIpc) is 3.31. The van der Waals surface area contributed by atoms with Crippen LogP contribution in [0.4, 0.5) is 0 Å². The van der Waals surface area contributed by atoms with E-state index in [0.29, 0.717) is 28.3 Å². The Labute approximate surface area is 160 Å². The standard InChI is InChI=1S/C19H16ClN5O2/c1-12(16-11-17(27-24-16)14-4-3-5-15(20)10-14)26-19-23-22-18(25(19)2)13-6-8-21-9-7-13/h3-12H,1-2H3. The van der Waals surface area contributed by atoms with E-state index >= 15 is 0 Å². The Hall–Kier alpha value is -3.19. The van der Waals surface area contributed by atoms with Crippen molar-refractivity contribution in [1.82, 2.24) is 24.9 Å². The number of benzene rings is 1. The maximum Gasteiger partial charge on any atom is 0.317 e. The minimum absolute atomic E-state index is 0.366. The number of ether oxygens (including phenoxy) is 1. The van der Waals surface area contributed by atoms with Gasteiger partial charge in [-0.1, -0.05) is 34.0 Å². The normalized spacial score (nSPS) is 12.1. The lowest BCUT2D eigenvalue weighted by atomic mass is 10.1. The van der Waals surface area contributed by atoms with Crippen molar-refractivity contribution >= 4 is 11.6 Å². The molecule has 0 saturated heterocycles. The molecule has 8 heteroatoms. The number of pyridine rings is 1. The van der Waals surface area contributed by atoms with Crippen LogP contribution in [0.15, 0.2) is 59.4 Å². The summed E-state index contributed by atoms with van der Waals surface area (Å²) in [5.41, 5.74) is 2.41. The van der Waals surface area contributed by atoms with E-state index in [-0.39, 0.29) is 6.10 Å².